The lowest BCUT2D eigenvalue weighted by molar-refractivity contribution is 0.0980. The fourth-order valence-corrected chi connectivity index (χ4v) is 1.50. The fourth-order valence-electron chi connectivity index (χ4n) is 1.50. The first-order valence-corrected chi connectivity index (χ1v) is 5.16. The molecule has 0 radical (unpaired) electrons. The van der Waals surface area contributed by atoms with E-state index in [2.05, 4.69) is 6.58 Å². The summed E-state index contributed by atoms with van der Waals surface area (Å²) in [7, 11) is 0. The van der Waals surface area contributed by atoms with Gasteiger partial charge in [-0.25, -0.2) is 0 Å². The van der Waals surface area contributed by atoms with Gasteiger partial charge < -0.3 is 5.73 Å². The van der Waals surface area contributed by atoms with Crippen LogP contribution in [0, 0.1) is 6.92 Å². The summed E-state index contributed by atoms with van der Waals surface area (Å²) in [5.74, 6) is 0.168. The van der Waals surface area contributed by atoms with Crippen LogP contribution in [0.1, 0.15) is 35.2 Å². The van der Waals surface area contributed by atoms with Crippen LogP contribution in [-0.2, 0) is 0 Å². The maximum absolute atomic E-state index is 11.8. The molecular weight excluding hydrogens is 186 g/mol. The van der Waals surface area contributed by atoms with E-state index in [1.165, 1.54) is 0 Å². The number of ketones is 1. The van der Waals surface area contributed by atoms with Crippen LogP contribution in [0.25, 0.3) is 0 Å². The first-order chi connectivity index (χ1) is 7.16. The first kappa shape index (κ1) is 11.5. The van der Waals surface area contributed by atoms with Crippen molar-refractivity contribution in [2.75, 3.05) is 5.73 Å². The standard InChI is InChI=1S/C13H17NO/c1-3-4-5-9-13(15)11-7-6-8-12(14)10(11)2/h3,6-8H,1,4-5,9,14H2,2H3. The Bertz CT molecular complexity index is 369. The Morgan fingerprint density at radius 3 is 2.93 bits per heavy atom. The molecule has 0 aliphatic rings. The lowest BCUT2D eigenvalue weighted by Crippen LogP contribution is -2.03. The minimum Gasteiger partial charge on any atom is -0.398 e. The second-order valence-corrected chi connectivity index (χ2v) is 3.62. The Morgan fingerprint density at radius 1 is 1.53 bits per heavy atom. The van der Waals surface area contributed by atoms with Crippen LogP contribution in [0.4, 0.5) is 5.69 Å². The fraction of sp³-hybridized carbons (Fsp3) is 0.308. The van der Waals surface area contributed by atoms with Crippen molar-refractivity contribution in [1.82, 2.24) is 0 Å². The molecule has 0 aliphatic heterocycles. The van der Waals surface area contributed by atoms with Gasteiger partial charge in [-0.2, -0.15) is 0 Å². The third kappa shape index (κ3) is 2.94. The van der Waals surface area contributed by atoms with Crippen molar-refractivity contribution in [2.45, 2.75) is 26.2 Å². The molecule has 0 aromatic heterocycles. The van der Waals surface area contributed by atoms with E-state index in [1.54, 1.807) is 0 Å². The monoisotopic (exact) mass is 203 g/mol. The van der Waals surface area contributed by atoms with Gasteiger partial charge in [0, 0.05) is 17.7 Å². The predicted octanol–water partition coefficient (Wildman–Crippen LogP) is 3.12. The summed E-state index contributed by atoms with van der Waals surface area (Å²) < 4.78 is 0. The Hall–Kier alpha value is -1.57. The Morgan fingerprint density at radius 2 is 2.27 bits per heavy atom. The molecule has 1 rings (SSSR count). The zero-order valence-electron chi connectivity index (χ0n) is 9.12. The van der Waals surface area contributed by atoms with Crippen LogP contribution >= 0.6 is 0 Å². The number of hydrogen-bond donors (Lipinski definition) is 1. The van der Waals surface area contributed by atoms with Crippen molar-refractivity contribution in [3.05, 3.63) is 42.0 Å². The zero-order chi connectivity index (χ0) is 11.3. The van der Waals surface area contributed by atoms with Gasteiger partial charge in [0.25, 0.3) is 0 Å². The molecule has 80 valence electrons. The molecule has 0 heterocycles. The molecule has 0 atom stereocenters. The molecule has 15 heavy (non-hydrogen) atoms. The average Bonchev–Trinajstić information content (AvgIpc) is 2.22. The summed E-state index contributed by atoms with van der Waals surface area (Å²) in [4.78, 5) is 11.8. The van der Waals surface area contributed by atoms with Gasteiger partial charge in [-0.05, 0) is 31.4 Å². The second kappa shape index (κ2) is 5.35. The molecule has 0 aliphatic carbocycles. The number of carbonyl (C=O) groups excluding carboxylic acids is 1. The third-order valence-electron chi connectivity index (χ3n) is 2.49. The van der Waals surface area contributed by atoms with Crippen LogP contribution in [0.2, 0.25) is 0 Å². The SMILES string of the molecule is C=CCCCC(=O)c1cccc(N)c1C. The number of benzene rings is 1. The number of allylic oxidation sites excluding steroid dienone is 1. The summed E-state index contributed by atoms with van der Waals surface area (Å²) >= 11 is 0. The minimum absolute atomic E-state index is 0.168. The van der Waals surface area contributed by atoms with E-state index in [0.29, 0.717) is 12.1 Å². The number of Topliss-reactive ketones (excluding diaryl/α,β-unsaturated/α-hetero) is 1. The van der Waals surface area contributed by atoms with E-state index in [-0.39, 0.29) is 5.78 Å². The quantitative estimate of drug-likeness (QED) is 0.346. The van der Waals surface area contributed by atoms with Gasteiger partial charge in [0.05, 0.1) is 0 Å². The predicted molar refractivity (Wildman–Crippen MR) is 64.0 cm³/mol. The van der Waals surface area contributed by atoms with Crippen LogP contribution < -0.4 is 5.73 Å². The molecule has 2 nitrogen and oxygen atoms in total. The number of rotatable bonds is 5. The van der Waals surface area contributed by atoms with Crippen molar-refractivity contribution in [3.63, 3.8) is 0 Å². The molecule has 0 saturated heterocycles. The lowest BCUT2D eigenvalue weighted by Gasteiger charge is -2.06. The van der Waals surface area contributed by atoms with E-state index in [1.807, 2.05) is 31.2 Å². The summed E-state index contributed by atoms with van der Waals surface area (Å²) in [6.45, 7) is 5.52. The van der Waals surface area contributed by atoms with Crippen LogP contribution in [0.15, 0.2) is 30.9 Å². The molecule has 2 heteroatoms. The lowest BCUT2D eigenvalue weighted by atomic mass is 10.00. The second-order valence-electron chi connectivity index (χ2n) is 3.62. The Balaban J connectivity index is 2.73. The number of carbonyl (C=O) groups is 1. The van der Waals surface area contributed by atoms with E-state index >= 15 is 0 Å². The first-order valence-electron chi connectivity index (χ1n) is 5.16. The number of hydrogen-bond acceptors (Lipinski definition) is 2. The van der Waals surface area contributed by atoms with Crippen LogP contribution in [0.5, 0.6) is 0 Å². The van der Waals surface area contributed by atoms with Gasteiger partial charge in [0.2, 0.25) is 0 Å². The summed E-state index contributed by atoms with van der Waals surface area (Å²) in [6, 6.07) is 5.47. The smallest absolute Gasteiger partial charge is 0.163 e. The molecule has 2 N–H and O–H groups in total. The molecule has 0 saturated carbocycles. The van der Waals surface area contributed by atoms with Crippen molar-refractivity contribution in [2.24, 2.45) is 0 Å². The van der Waals surface area contributed by atoms with Gasteiger partial charge in [-0.15, -0.1) is 6.58 Å². The average molecular weight is 203 g/mol. The van der Waals surface area contributed by atoms with Gasteiger partial charge in [0.1, 0.15) is 0 Å². The highest BCUT2D eigenvalue weighted by atomic mass is 16.1. The molecule has 0 spiro atoms. The number of nitrogen functional groups attached to an aromatic ring is 1. The van der Waals surface area contributed by atoms with Crippen LogP contribution in [-0.4, -0.2) is 5.78 Å². The van der Waals surface area contributed by atoms with E-state index in [9.17, 15) is 4.79 Å². The molecular formula is C13H17NO. The maximum atomic E-state index is 11.8. The van der Waals surface area contributed by atoms with Crippen molar-refractivity contribution in [3.8, 4) is 0 Å². The highest BCUT2D eigenvalue weighted by Crippen LogP contribution is 2.17. The maximum Gasteiger partial charge on any atom is 0.163 e. The van der Waals surface area contributed by atoms with Crippen molar-refractivity contribution in [1.29, 1.82) is 0 Å². The van der Waals surface area contributed by atoms with Crippen LogP contribution in [0.3, 0.4) is 0 Å². The normalized spacial score (nSPS) is 9.93. The van der Waals surface area contributed by atoms with Gasteiger partial charge in [-0.1, -0.05) is 18.2 Å². The molecule has 1 aromatic rings. The number of nitrogens with two attached hydrogens (primary N) is 1. The number of unbranched alkanes of at least 4 members (excludes halogenated alkanes) is 1. The van der Waals surface area contributed by atoms with Crippen molar-refractivity contribution < 1.29 is 4.79 Å². The topological polar surface area (TPSA) is 43.1 Å². The summed E-state index contributed by atoms with van der Waals surface area (Å²) in [5, 5.41) is 0. The number of anilines is 1. The zero-order valence-corrected chi connectivity index (χ0v) is 9.12. The molecule has 0 fully saturated rings. The van der Waals surface area contributed by atoms with E-state index < -0.39 is 0 Å². The Kier molecular flexibility index (Phi) is 4.10. The van der Waals surface area contributed by atoms with Gasteiger partial charge in [0.15, 0.2) is 5.78 Å². The molecule has 0 bridgehead atoms. The van der Waals surface area contributed by atoms with Gasteiger partial charge >= 0.3 is 0 Å². The largest absolute Gasteiger partial charge is 0.398 e. The molecule has 0 unspecified atom stereocenters. The van der Waals surface area contributed by atoms with E-state index in [0.717, 1.165) is 24.0 Å². The minimum atomic E-state index is 0.168. The Labute approximate surface area is 90.8 Å². The third-order valence-corrected chi connectivity index (χ3v) is 2.49. The van der Waals surface area contributed by atoms with Gasteiger partial charge in [-0.3, -0.25) is 4.79 Å². The summed E-state index contributed by atoms with van der Waals surface area (Å²) in [6.07, 6.45) is 4.14. The molecule has 1 aromatic carbocycles. The van der Waals surface area contributed by atoms with E-state index in [4.69, 9.17) is 5.73 Å². The summed E-state index contributed by atoms with van der Waals surface area (Å²) in [5.41, 5.74) is 8.07. The molecule has 0 amide bonds. The highest BCUT2D eigenvalue weighted by molar-refractivity contribution is 5.98. The highest BCUT2D eigenvalue weighted by Gasteiger charge is 2.09. The van der Waals surface area contributed by atoms with Crippen molar-refractivity contribution >= 4 is 11.5 Å².